The highest BCUT2D eigenvalue weighted by atomic mass is 19.1. The summed E-state index contributed by atoms with van der Waals surface area (Å²) in [4.78, 5) is 13.8. The molecule has 1 heterocycles. The quantitative estimate of drug-likeness (QED) is 0.756. The molecule has 1 N–H and O–H groups in total. The van der Waals surface area contributed by atoms with Gasteiger partial charge in [0.1, 0.15) is 5.78 Å². The molecule has 4 bridgehead atoms. The lowest BCUT2D eigenvalue weighted by molar-refractivity contribution is -0.164. The highest BCUT2D eigenvalue weighted by Gasteiger charge is 2.65. The fraction of sp³-hybridized carbons (Fsp3) is 0.720. The molecule has 6 rings (SSSR count). The van der Waals surface area contributed by atoms with Gasteiger partial charge in [0.25, 0.3) is 0 Å². The number of halogens is 1. The number of carbonyl (C=O) groups is 1. The normalized spacial score (nSPS) is 44.6. The lowest BCUT2D eigenvalue weighted by atomic mass is 9.38. The fourth-order valence-corrected chi connectivity index (χ4v) is 8.11. The van der Waals surface area contributed by atoms with E-state index in [1.165, 1.54) is 5.56 Å². The Labute approximate surface area is 168 Å². The van der Waals surface area contributed by atoms with Crippen molar-refractivity contribution in [2.45, 2.75) is 76.2 Å². The number of alkyl halides is 1. The van der Waals surface area contributed by atoms with Gasteiger partial charge in [-0.3, -0.25) is 9.18 Å². The summed E-state index contributed by atoms with van der Waals surface area (Å²) in [5.41, 5.74) is 0.843. The Morgan fingerprint density at radius 2 is 1.96 bits per heavy atom. The number of benzene rings is 1. The van der Waals surface area contributed by atoms with E-state index in [9.17, 15) is 9.18 Å². The maximum atomic E-state index is 14.4. The van der Waals surface area contributed by atoms with Crippen molar-refractivity contribution in [3.8, 4) is 0 Å². The highest BCUT2D eigenvalue weighted by molar-refractivity contribution is 5.86. The molecule has 28 heavy (non-hydrogen) atoms. The molecular formula is C25H34FNO. The molecule has 5 fully saturated rings. The molecule has 1 saturated heterocycles. The van der Waals surface area contributed by atoms with E-state index in [1.54, 1.807) is 0 Å². The second kappa shape index (κ2) is 6.65. The van der Waals surface area contributed by atoms with E-state index in [0.29, 0.717) is 30.1 Å². The Balaban J connectivity index is 1.46. The SMILES string of the molecule is C[C@H]1C[C@H](CC(=O)C23CC4C[C@@](CF)(C2)C[C@](c2ccccc2)(C4)C3)CCN1. The summed E-state index contributed by atoms with van der Waals surface area (Å²) in [7, 11) is 0. The van der Waals surface area contributed by atoms with Crippen LogP contribution >= 0.6 is 0 Å². The molecule has 6 atom stereocenters. The highest BCUT2D eigenvalue weighted by Crippen LogP contribution is 2.70. The van der Waals surface area contributed by atoms with Gasteiger partial charge < -0.3 is 5.32 Å². The van der Waals surface area contributed by atoms with Crippen LogP contribution in [0.1, 0.15) is 70.3 Å². The van der Waals surface area contributed by atoms with E-state index < -0.39 is 0 Å². The summed E-state index contributed by atoms with van der Waals surface area (Å²) >= 11 is 0. The third kappa shape index (κ3) is 2.96. The van der Waals surface area contributed by atoms with E-state index in [1.807, 2.05) is 0 Å². The summed E-state index contributed by atoms with van der Waals surface area (Å²) in [5, 5.41) is 3.50. The standard InChI is InChI=1S/C25H34FNO/c1-18-9-19(7-8-27-18)10-22(28)25-13-20-11-23(15-25,17-26)14-24(12-20,16-25)21-5-3-2-4-6-21/h2-6,18-20,27H,7-17H2,1H3/t18-,19+,20?,23-,24+,25?/m0/s1. The molecule has 1 aliphatic heterocycles. The van der Waals surface area contributed by atoms with E-state index in [2.05, 4.69) is 42.6 Å². The molecule has 0 radical (unpaired) electrons. The minimum Gasteiger partial charge on any atom is -0.314 e. The lowest BCUT2D eigenvalue weighted by Gasteiger charge is -2.66. The average Bonchev–Trinajstić information content (AvgIpc) is 2.68. The van der Waals surface area contributed by atoms with Crippen LogP contribution in [-0.2, 0) is 10.2 Å². The number of Topliss-reactive ketones (excluding diaryl/α,β-unsaturated/α-hetero) is 1. The van der Waals surface area contributed by atoms with Crippen molar-refractivity contribution in [1.29, 1.82) is 0 Å². The van der Waals surface area contributed by atoms with Gasteiger partial charge >= 0.3 is 0 Å². The van der Waals surface area contributed by atoms with Crippen LogP contribution in [-0.4, -0.2) is 25.0 Å². The van der Waals surface area contributed by atoms with Gasteiger partial charge in [0.2, 0.25) is 0 Å². The van der Waals surface area contributed by atoms with Crippen molar-refractivity contribution in [3.05, 3.63) is 35.9 Å². The Morgan fingerprint density at radius 1 is 1.14 bits per heavy atom. The topological polar surface area (TPSA) is 29.1 Å². The molecule has 2 unspecified atom stereocenters. The predicted molar refractivity (Wildman–Crippen MR) is 110 cm³/mol. The summed E-state index contributed by atoms with van der Waals surface area (Å²) in [6.45, 7) is 3.00. The first-order chi connectivity index (χ1) is 13.5. The second-order valence-corrected chi connectivity index (χ2v) is 10.9. The molecule has 4 aliphatic carbocycles. The minimum atomic E-state index is -0.268. The Bertz CT molecular complexity index is 750. The van der Waals surface area contributed by atoms with Crippen LogP contribution in [0.2, 0.25) is 0 Å². The molecule has 1 aromatic rings. The molecule has 0 spiro atoms. The minimum absolute atomic E-state index is 0.0177. The summed E-state index contributed by atoms with van der Waals surface area (Å²) < 4.78 is 14.4. The van der Waals surface area contributed by atoms with Gasteiger partial charge in [-0.1, -0.05) is 30.3 Å². The van der Waals surface area contributed by atoms with Crippen LogP contribution in [0, 0.1) is 22.7 Å². The van der Waals surface area contributed by atoms with Crippen LogP contribution in [0.5, 0.6) is 0 Å². The third-order valence-electron chi connectivity index (χ3n) is 8.65. The van der Waals surface area contributed by atoms with Crippen LogP contribution in [0.3, 0.4) is 0 Å². The van der Waals surface area contributed by atoms with Gasteiger partial charge in [0, 0.05) is 23.3 Å². The van der Waals surface area contributed by atoms with Crippen molar-refractivity contribution in [3.63, 3.8) is 0 Å². The van der Waals surface area contributed by atoms with Gasteiger partial charge in [0.05, 0.1) is 6.67 Å². The zero-order valence-electron chi connectivity index (χ0n) is 17.2. The number of ketones is 1. The summed E-state index contributed by atoms with van der Waals surface area (Å²) in [5.74, 6) is 1.49. The second-order valence-electron chi connectivity index (χ2n) is 10.9. The molecular weight excluding hydrogens is 349 g/mol. The van der Waals surface area contributed by atoms with Gasteiger partial charge in [0.15, 0.2) is 0 Å². The number of hydrogen-bond acceptors (Lipinski definition) is 2. The first-order valence-corrected chi connectivity index (χ1v) is 11.3. The van der Waals surface area contributed by atoms with Crippen LogP contribution in [0.25, 0.3) is 0 Å². The van der Waals surface area contributed by atoms with Crippen LogP contribution in [0.15, 0.2) is 30.3 Å². The Kier molecular flexibility index (Phi) is 4.46. The Morgan fingerprint density at radius 3 is 2.71 bits per heavy atom. The van der Waals surface area contributed by atoms with E-state index in [-0.39, 0.29) is 22.9 Å². The van der Waals surface area contributed by atoms with Crippen molar-refractivity contribution in [2.24, 2.45) is 22.7 Å². The van der Waals surface area contributed by atoms with Gasteiger partial charge in [-0.2, -0.15) is 0 Å². The zero-order chi connectivity index (χ0) is 19.4. The van der Waals surface area contributed by atoms with E-state index in [0.717, 1.165) is 57.9 Å². The molecule has 0 amide bonds. The molecule has 152 valence electrons. The first kappa shape index (κ1) is 18.8. The van der Waals surface area contributed by atoms with E-state index in [4.69, 9.17) is 0 Å². The van der Waals surface area contributed by atoms with Crippen LogP contribution in [0.4, 0.5) is 4.39 Å². The van der Waals surface area contributed by atoms with E-state index >= 15 is 0 Å². The first-order valence-electron chi connectivity index (χ1n) is 11.3. The van der Waals surface area contributed by atoms with Crippen molar-refractivity contribution in [2.75, 3.05) is 13.2 Å². The number of piperidine rings is 1. The molecule has 4 saturated carbocycles. The summed E-state index contributed by atoms with van der Waals surface area (Å²) in [6, 6.07) is 11.3. The molecule has 0 aromatic heterocycles. The fourth-order valence-electron chi connectivity index (χ4n) is 8.11. The molecule has 3 heteroatoms. The Hall–Kier alpha value is -1.22. The average molecular weight is 384 g/mol. The number of nitrogens with one attached hydrogen (secondary N) is 1. The summed E-state index contributed by atoms with van der Waals surface area (Å²) in [6.07, 6.45) is 8.79. The van der Waals surface area contributed by atoms with Gasteiger partial charge in [-0.15, -0.1) is 0 Å². The zero-order valence-corrected chi connectivity index (χ0v) is 17.2. The number of rotatable bonds is 5. The molecule has 2 nitrogen and oxygen atoms in total. The van der Waals surface area contributed by atoms with Crippen molar-refractivity contribution in [1.82, 2.24) is 5.32 Å². The maximum Gasteiger partial charge on any atom is 0.139 e. The number of carbonyl (C=O) groups excluding carboxylic acids is 1. The van der Waals surface area contributed by atoms with Gasteiger partial charge in [-0.25, -0.2) is 0 Å². The van der Waals surface area contributed by atoms with Gasteiger partial charge in [-0.05, 0) is 87.6 Å². The van der Waals surface area contributed by atoms with Crippen LogP contribution < -0.4 is 5.32 Å². The lowest BCUT2D eigenvalue weighted by Crippen LogP contribution is -2.61. The van der Waals surface area contributed by atoms with Crippen molar-refractivity contribution >= 4 is 5.78 Å². The largest absolute Gasteiger partial charge is 0.314 e. The molecule has 5 aliphatic rings. The van der Waals surface area contributed by atoms with Crippen molar-refractivity contribution < 1.29 is 9.18 Å². The smallest absolute Gasteiger partial charge is 0.139 e. The molecule has 1 aromatic carbocycles. The third-order valence-corrected chi connectivity index (χ3v) is 8.65. The number of hydrogen-bond donors (Lipinski definition) is 1. The maximum absolute atomic E-state index is 14.4. The predicted octanol–water partition coefficient (Wildman–Crippen LogP) is 5.21. The monoisotopic (exact) mass is 383 g/mol.